The lowest BCUT2D eigenvalue weighted by atomic mass is 10.2. The first kappa shape index (κ1) is 15.7. The fourth-order valence-electron chi connectivity index (χ4n) is 1.55. The Morgan fingerprint density at radius 1 is 1.26 bits per heavy atom. The number of amides is 1. The van der Waals surface area contributed by atoms with Gasteiger partial charge in [-0.05, 0) is 12.5 Å². The molecule has 0 fully saturated rings. The van der Waals surface area contributed by atoms with E-state index in [9.17, 15) is 9.36 Å². The van der Waals surface area contributed by atoms with E-state index in [0.29, 0.717) is 5.56 Å². The molecule has 0 saturated heterocycles. The van der Waals surface area contributed by atoms with Crippen LogP contribution in [0.2, 0.25) is 0 Å². The molecule has 19 heavy (non-hydrogen) atoms. The van der Waals surface area contributed by atoms with Crippen molar-refractivity contribution in [2.24, 2.45) is 0 Å². The molecular formula is C12H18NO5P. The van der Waals surface area contributed by atoms with E-state index in [0.717, 1.165) is 0 Å². The molecular weight excluding hydrogens is 269 g/mol. The van der Waals surface area contributed by atoms with E-state index in [1.807, 2.05) is 6.07 Å². The molecule has 1 unspecified atom stereocenters. The van der Waals surface area contributed by atoms with Gasteiger partial charge in [-0.3, -0.25) is 4.57 Å². The zero-order valence-corrected chi connectivity index (χ0v) is 12.1. The third kappa shape index (κ3) is 4.06. The van der Waals surface area contributed by atoms with Crippen LogP contribution in [-0.2, 0) is 18.3 Å². The highest BCUT2D eigenvalue weighted by atomic mass is 31.2. The van der Waals surface area contributed by atoms with Crippen LogP contribution in [0.15, 0.2) is 30.3 Å². The van der Waals surface area contributed by atoms with E-state index in [1.54, 1.807) is 31.2 Å². The molecule has 106 valence electrons. The van der Waals surface area contributed by atoms with Gasteiger partial charge < -0.3 is 19.1 Å². The maximum absolute atomic E-state index is 12.5. The summed E-state index contributed by atoms with van der Waals surface area (Å²) in [5.41, 5.74) is 0.614. The van der Waals surface area contributed by atoms with Crippen LogP contribution in [0.5, 0.6) is 0 Å². The second-order valence-corrected chi connectivity index (χ2v) is 5.91. The van der Waals surface area contributed by atoms with Crippen molar-refractivity contribution in [1.29, 1.82) is 0 Å². The zero-order valence-electron chi connectivity index (χ0n) is 11.2. The van der Waals surface area contributed by atoms with Crippen LogP contribution >= 0.6 is 7.60 Å². The number of ether oxygens (including phenoxy) is 1. The molecule has 0 aliphatic rings. The maximum atomic E-state index is 12.5. The Balaban J connectivity index is 3.05. The normalized spacial score (nSPS) is 12.8. The summed E-state index contributed by atoms with van der Waals surface area (Å²) in [4.78, 5) is 11.5. The Bertz CT molecular complexity index is 443. The van der Waals surface area contributed by atoms with Gasteiger partial charge in [0.2, 0.25) is 0 Å². The molecule has 0 radical (unpaired) electrons. The third-order valence-electron chi connectivity index (χ3n) is 2.47. The number of hydrogen-bond donors (Lipinski definition) is 1. The largest absolute Gasteiger partial charge is 0.450 e. The topological polar surface area (TPSA) is 73.9 Å². The van der Waals surface area contributed by atoms with Crippen LogP contribution < -0.4 is 5.32 Å². The fourth-order valence-corrected chi connectivity index (χ4v) is 2.92. The summed E-state index contributed by atoms with van der Waals surface area (Å²) in [5.74, 6) is -0.914. The second kappa shape index (κ2) is 7.28. The van der Waals surface area contributed by atoms with Gasteiger partial charge in [-0.2, -0.15) is 0 Å². The lowest BCUT2D eigenvalue weighted by Gasteiger charge is -2.25. The summed E-state index contributed by atoms with van der Waals surface area (Å²) in [5, 5.41) is 2.50. The van der Waals surface area contributed by atoms with E-state index in [-0.39, 0.29) is 6.61 Å². The van der Waals surface area contributed by atoms with Crippen molar-refractivity contribution >= 4 is 13.7 Å². The van der Waals surface area contributed by atoms with Crippen molar-refractivity contribution in [2.75, 3.05) is 20.8 Å². The molecule has 0 bridgehead atoms. The Morgan fingerprint density at radius 2 is 1.84 bits per heavy atom. The number of rotatable bonds is 6. The van der Waals surface area contributed by atoms with Gasteiger partial charge in [-0.15, -0.1) is 0 Å². The van der Waals surface area contributed by atoms with E-state index in [4.69, 9.17) is 13.8 Å². The Morgan fingerprint density at radius 3 is 2.32 bits per heavy atom. The first-order valence-corrected chi connectivity index (χ1v) is 7.38. The Labute approximate surface area is 112 Å². The predicted octanol–water partition coefficient (Wildman–Crippen LogP) is 2.92. The minimum Gasteiger partial charge on any atom is -0.450 e. The van der Waals surface area contributed by atoms with Gasteiger partial charge in [-0.25, -0.2) is 4.79 Å². The summed E-state index contributed by atoms with van der Waals surface area (Å²) in [6.45, 7) is 1.90. The van der Waals surface area contributed by atoms with Crippen molar-refractivity contribution in [3.05, 3.63) is 35.9 Å². The van der Waals surface area contributed by atoms with Gasteiger partial charge in [-0.1, -0.05) is 30.3 Å². The molecule has 1 rings (SSSR count). The average Bonchev–Trinajstić information content (AvgIpc) is 2.45. The highest BCUT2D eigenvalue weighted by molar-refractivity contribution is 7.54. The molecule has 6 nitrogen and oxygen atoms in total. The molecule has 0 aliphatic carbocycles. The Kier molecular flexibility index (Phi) is 6.02. The van der Waals surface area contributed by atoms with E-state index in [1.165, 1.54) is 14.2 Å². The molecule has 0 aromatic heterocycles. The molecule has 0 aliphatic heterocycles. The number of carbonyl (C=O) groups excluding carboxylic acids is 1. The zero-order chi connectivity index (χ0) is 14.3. The number of nitrogens with one attached hydrogen (secondary N) is 1. The summed E-state index contributed by atoms with van der Waals surface area (Å²) in [6, 6.07) is 8.80. The molecule has 0 saturated carbocycles. The molecule has 1 N–H and O–H groups in total. The second-order valence-electron chi connectivity index (χ2n) is 3.58. The van der Waals surface area contributed by atoms with Crippen LogP contribution in [0, 0.1) is 0 Å². The summed E-state index contributed by atoms with van der Waals surface area (Å²) < 4.78 is 27.2. The van der Waals surface area contributed by atoms with Crippen molar-refractivity contribution in [3.8, 4) is 0 Å². The van der Waals surface area contributed by atoms with E-state index < -0.39 is 19.5 Å². The first-order valence-electron chi connectivity index (χ1n) is 5.76. The van der Waals surface area contributed by atoms with Crippen molar-refractivity contribution < 1.29 is 23.1 Å². The van der Waals surface area contributed by atoms with Crippen LogP contribution in [0.4, 0.5) is 4.79 Å². The van der Waals surface area contributed by atoms with Crippen molar-refractivity contribution in [2.45, 2.75) is 12.7 Å². The monoisotopic (exact) mass is 287 g/mol. The number of carbonyl (C=O) groups is 1. The smallest absolute Gasteiger partial charge is 0.408 e. The van der Waals surface area contributed by atoms with Gasteiger partial charge in [0.25, 0.3) is 0 Å². The van der Waals surface area contributed by atoms with Crippen molar-refractivity contribution in [3.63, 3.8) is 0 Å². The molecule has 1 atom stereocenters. The standard InChI is InChI=1S/C12H18NO5P/c1-4-18-12(14)13-11(19(15,16-2)17-3)10-8-6-5-7-9-10/h5-9,11H,4H2,1-3H3,(H,13,14). The van der Waals surface area contributed by atoms with Gasteiger partial charge in [0.1, 0.15) is 0 Å². The summed E-state index contributed by atoms with van der Waals surface area (Å²) >= 11 is 0. The SMILES string of the molecule is CCOC(=O)NC(c1ccccc1)P(=O)(OC)OC. The molecule has 0 spiro atoms. The van der Waals surface area contributed by atoms with Gasteiger partial charge in [0, 0.05) is 14.2 Å². The van der Waals surface area contributed by atoms with Crippen LogP contribution in [0.3, 0.4) is 0 Å². The number of benzene rings is 1. The number of alkyl carbamates (subject to hydrolysis) is 1. The average molecular weight is 287 g/mol. The Hall–Kier alpha value is -1.36. The highest BCUT2D eigenvalue weighted by Gasteiger charge is 2.37. The third-order valence-corrected chi connectivity index (χ3v) is 4.55. The minimum absolute atomic E-state index is 0.220. The first-order chi connectivity index (χ1) is 9.07. The van der Waals surface area contributed by atoms with Crippen LogP contribution in [0.25, 0.3) is 0 Å². The summed E-state index contributed by atoms with van der Waals surface area (Å²) in [7, 11) is -0.961. The molecule has 1 amide bonds. The predicted molar refractivity (Wildman–Crippen MR) is 71.0 cm³/mol. The molecule has 0 heterocycles. The van der Waals surface area contributed by atoms with E-state index in [2.05, 4.69) is 5.32 Å². The highest BCUT2D eigenvalue weighted by Crippen LogP contribution is 2.58. The minimum atomic E-state index is -3.50. The molecule has 7 heteroatoms. The fraction of sp³-hybridized carbons (Fsp3) is 0.417. The lowest BCUT2D eigenvalue weighted by molar-refractivity contribution is 0.148. The van der Waals surface area contributed by atoms with Crippen LogP contribution in [0.1, 0.15) is 18.3 Å². The van der Waals surface area contributed by atoms with Crippen LogP contribution in [-0.4, -0.2) is 26.9 Å². The van der Waals surface area contributed by atoms with Gasteiger partial charge in [0.15, 0.2) is 5.78 Å². The van der Waals surface area contributed by atoms with Gasteiger partial charge >= 0.3 is 13.7 Å². The lowest BCUT2D eigenvalue weighted by Crippen LogP contribution is -2.29. The van der Waals surface area contributed by atoms with Crippen molar-refractivity contribution in [1.82, 2.24) is 5.32 Å². The number of hydrogen-bond acceptors (Lipinski definition) is 5. The molecule has 1 aromatic rings. The van der Waals surface area contributed by atoms with E-state index >= 15 is 0 Å². The van der Waals surface area contributed by atoms with Gasteiger partial charge in [0.05, 0.1) is 6.61 Å². The quantitative estimate of drug-likeness (QED) is 0.814. The maximum Gasteiger partial charge on any atom is 0.408 e. The summed E-state index contributed by atoms with van der Waals surface area (Å²) in [6.07, 6.45) is -0.675. The molecule has 1 aromatic carbocycles.